The first kappa shape index (κ1) is 35.0. The van der Waals surface area contributed by atoms with E-state index in [2.05, 4.69) is 26.3 Å². The van der Waals surface area contributed by atoms with Crippen LogP contribution in [-0.4, -0.2) is 67.7 Å². The summed E-state index contributed by atoms with van der Waals surface area (Å²) in [7, 11) is 0. The van der Waals surface area contributed by atoms with E-state index < -0.39 is 23.9 Å². The average Bonchev–Trinajstić information content (AvgIpc) is 2.64. The largest absolute Gasteiger partial charge is 0.478 e. The van der Waals surface area contributed by atoms with Gasteiger partial charge < -0.3 is 30.6 Å². The number of hydrogen-bond donors (Lipinski definition) is 6. The van der Waals surface area contributed by atoms with Crippen LogP contribution in [-0.2, 0) is 19.2 Å². The second kappa shape index (κ2) is 30.6. The summed E-state index contributed by atoms with van der Waals surface area (Å²) >= 11 is 0. The third kappa shape index (κ3) is 84.7. The number of carboxylic acids is 4. The first-order valence-corrected chi connectivity index (χ1v) is 7.06. The van der Waals surface area contributed by atoms with Crippen molar-refractivity contribution in [2.75, 3.05) is 13.2 Å². The number of carboxylic acid groups (broad SMARTS) is 4. The van der Waals surface area contributed by atoms with E-state index >= 15 is 0 Å². The molecule has 0 bridgehead atoms. The lowest BCUT2D eigenvalue weighted by molar-refractivity contribution is -0.132. The molecule has 0 aromatic carbocycles. The zero-order valence-corrected chi connectivity index (χ0v) is 15.2. The van der Waals surface area contributed by atoms with Gasteiger partial charge in [-0.1, -0.05) is 33.2 Å². The molecular formula is C17H28O10. The Balaban J connectivity index is -0.0000000753. The molecule has 0 aliphatic carbocycles. The van der Waals surface area contributed by atoms with Crippen LogP contribution in [0.15, 0.2) is 50.6 Å². The van der Waals surface area contributed by atoms with Crippen molar-refractivity contribution in [2.45, 2.75) is 13.3 Å². The van der Waals surface area contributed by atoms with Crippen LogP contribution in [0.1, 0.15) is 13.3 Å². The summed E-state index contributed by atoms with van der Waals surface area (Å²) in [6, 6.07) is 0. The van der Waals surface area contributed by atoms with Gasteiger partial charge in [0.25, 0.3) is 0 Å². The lowest BCUT2D eigenvalue weighted by Crippen LogP contribution is -2.08. The van der Waals surface area contributed by atoms with Crippen molar-refractivity contribution in [1.82, 2.24) is 0 Å². The molecule has 6 N–H and O–H groups in total. The molecular weight excluding hydrogens is 364 g/mol. The van der Waals surface area contributed by atoms with Crippen LogP contribution in [0, 0.1) is 5.92 Å². The molecule has 0 aliphatic heterocycles. The zero-order valence-electron chi connectivity index (χ0n) is 15.2. The molecule has 10 heteroatoms. The van der Waals surface area contributed by atoms with Gasteiger partial charge in [-0.25, -0.2) is 19.2 Å². The van der Waals surface area contributed by atoms with Gasteiger partial charge in [-0.2, -0.15) is 0 Å². The summed E-state index contributed by atoms with van der Waals surface area (Å²) in [6.07, 6.45) is 4.19. The fourth-order valence-corrected chi connectivity index (χ4v) is 0.316. The highest BCUT2D eigenvalue weighted by atomic mass is 16.4. The van der Waals surface area contributed by atoms with Crippen LogP contribution in [0.25, 0.3) is 0 Å². The molecule has 0 aliphatic rings. The third-order valence-corrected chi connectivity index (χ3v) is 1.79. The molecule has 0 heterocycles. The molecule has 0 radical (unpaired) electrons. The summed E-state index contributed by atoms with van der Waals surface area (Å²) in [5.74, 6) is -3.83. The van der Waals surface area contributed by atoms with Crippen LogP contribution >= 0.6 is 0 Å². The molecule has 0 fully saturated rings. The fourth-order valence-electron chi connectivity index (χ4n) is 0.316. The summed E-state index contributed by atoms with van der Waals surface area (Å²) in [5, 5.41) is 47.1. The Bertz CT molecular complexity index is 373. The zero-order chi connectivity index (χ0) is 22.8. The Morgan fingerprint density at radius 1 is 0.667 bits per heavy atom. The van der Waals surface area contributed by atoms with Crippen LogP contribution in [0.5, 0.6) is 0 Å². The molecule has 0 amide bonds. The summed E-state index contributed by atoms with van der Waals surface area (Å²) < 4.78 is 0. The maximum atomic E-state index is 9.25. The second-order valence-electron chi connectivity index (χ2n) is 3.81. The average molecular weight is 392 g/mol. The third-order valence-electron chi connectivity index (χ3n) is 1.79. The van der Waals surface area contributed by atoms with Crippen molar-refractivity contribution in [3.8, 4) is 0 Å². The van der Waals surface area contributed by atoms with Crippen molar-refractivity contribution in [1.29, 1.82) is 0 Å². The Kier molecular flexibility index (Phi) is 39.7. The van der Waals surface area contributed by atoms with E-state index in [0.29, 0.717) is 0 Å². The van der Waals surface area contributed by atoms with Gasteiger partial charge in [0.15, 0.2) is 0 Å². The highest BCUT2D eigenvalue weighted by Gasteiger charge is 1.98. The molecule has 27 heavy (non-hydrogen) atoms. The quantitative estimate of drug-likeness (QED) is 0.341. The fraction of sp³-hybridized carbons (Fsp3) is 0.294. The van der Waals surface area contributed by atoms with Gasteiger partial charge in [-0.3, -0.25) is 0 Å². The second-order valence-corrected chi connectivity index (χ2v) is 3.81. The minimum Gasteiger partial charge on any atom is -0.478 e. The van der Waals surface area contributed by atoms with Crippen molar-refractivity contribution in [2.24, 2.45) is 5.92 Å². The summed E-state index contributed by atoms with van der Waals surface area (Å²) in [4.78, 5) is 37.0. The highest BCUT2D eigenvalue weighted by Crippen LogP contribution is 1.96. The Hall–Kier alpha value is -3.24. The molecule has 0 rings (SSSR count). The van der Waals surface area contributed by atoms with Gasteiger partial charge in [0, 0.05) is 43.4 Å². The normalized spacial score (nSPS) is 7.41. The van der Waals surface area contributed by atoms with Gasteiger partial charge >= 0.3 is 23.9 Å². The van der Waals surface area contributed by atoms with Crippen LogP contribution in [0.3, 0.4) is 0 Å². The van der Waals surface area contributed by atoms with Crippen molar-refractivity contribution >= 4 is 23.9 Å². The Morgan fingerprint density at radius 3 is 0.815 bits per heavy atom. The Labute approximate surface area is 157 Å². The number of aliphatic hydroxyl groups excluding tert-OH is 2. The number of aliphatic carboxylic acids is 4. The Morgan fingerprint density at radius 2 is 0.815 bits per heavy atom. The summed E-state index contributed by atoms with van der Waals surface area (Å²) in [5.41, 5.74) is 0. The minimum absolute atomic E-state index is 0.0972. The van der Waals surface area contributed by atoms with E-state index in [1.807, 2.05) is 6.92 Å². The molecule has 0 saturated heterocycles. The summed E-state index contributed by atoms with van der Waals surface area (Å²) in [6.45, 7) is 14.0. The van der Waals surface area contributed by atoms with Gasteiger partial charge in [0.2, 0.25) is 0 Å². The van der Waals surface area contributed by atoms with E-state index in [1.165, 1.54) is 0 Å². The molecule has 0 unspecified atom stereocenters. The van der Waals surface area contributed by atoms with Crippen molar-refractivity contribution < 1.29 is 49.8 Å². The number of rotatable bonds is 7. The van der Waals surface area contributed by atoms with Crippen LogP contribution in [0.4, 0.5) is 0 Å². The lowest BCUT2D eigenvalue weighted by atomic mass is 10.1. The predicted octanol–water partition coefficient (Wildman–Crippen LogP) is 1.03. The molecule has 0 aromatic heterocycles. The van der Waals surface area contributed by atoms with E-state index in [-0.39, 0.29) is 19.1 Å². The molecule has 0 spiro atoms. The SMILES string of the molecule is C=CC(=O)O.C=CC(=O)O.C=CC(=O)O.C=CC(=O)O.CCC(CO)CO. The predicted molar refractivity (Wildman–Crippen MR) is 99.3 cm³/mol. The van der Waals surface area contributed by atoms with E-state index in [4.69, 9.17) is 30.6 Å². The maximum absolute atomic E-state index is 9.25. The number of hydrogen-bond acceptors (Lipinski definition) is 6. The molecule has 0 saturated carbocycles. The molecule has 10 nitrogen and oxygen atoms in total. The van der Waals surface area contributed by atoms with E-state index in [0.717, 1.165) is 30.7 Å². The first-order valence-electron chi connectivity index (χ1n) is 7.06. The van der Waals surface area contributed by atoms with Gasteiger partial charge in [-0.15, -0.1) is 0 Å². The van der Waals surface area contributed by atoms with Crippen molar-refractivity contribution in [3.05, 3.63) is 50.6 Å². The number of carbonyl (C=O) groups is 4. The lowest BCUT2D eigenvalue weighted by Gasteiger charge is -2.03. The molecule has 0 atom stereocenters. The highest BCUT2D eigenvalue weighted by molar-refractivity contribution is 5.79. The van der Waals surface area contributed by atoms with E-state index in [1.54, 1.807) is 0 Å². The monoisotopic (exact) mass is 392 g/mol. The van der Waals surface area contributed by atoms with Gasteiger partial charge in [-0.05, 0) is 6.42 Å². The van der Waals surface area contributed by atoms with Gasteiger partial charge in [0.05, 0.1) is 0 Å². The van der Waals surface area contributed by atoms with Crippen LogP contribution < -0.4 is 0 Å². The first-order chi connectivity index (χ1) is 12.4. The van der Waals surface area contributed by atoms with E-state index in [9.17, 15) is 19.2 Å². The smallest absolute Gasteiger partial charge is 0.327 e. The topological polar surface area (TPSA) is 190 Å². The van der Waals surface area contributed by atoms with Gasteiger partial charge in [0.1, 0.15) is 0 Å². The molecule has 156 valence electrons. The van der Waals surface area contributed by atoms with Crippen molar-refractivity contribution in [3.63, 3.8) is 0 Å². The standard InChI is InChI=1S/C5H12O2.4C3H4O2/c1-2-5(3-6)4-7;4*1-2-3(4)5/h5-7H,2-4H2,1H3;4*2H,1H2,(H,4,5). The molecule has 0 aromatic rings. The van der Waals surface area contributed by atoms with Crippen LogP contribution in [0.2, 0.25) is 0 Å². The maximum Gasteiger partial charge on any atom is 0.327 e. The number of aliphatic hydroxyl groups is 2. The minimum atomic E-state index is -0.981.